The van der Waals surface area contributed by atoms with Crippen molar-refractivity contribution in [2.45, 2.75) is 31.0 Å². The Morgan fingerprint density at radius 3 is 2.39 bits per heavy atom. The molecular weight excluding hydrogens is 497 g/mol. The number of rotatable bonds is 7. The second kappa shape index (κ2) is 11.0. The lowest BCUT2D eigenvalue weighted by molar-refractivity contribution is -0.142. The Labute approximate surface area is 212 Å². The van der Waals surface area contributed by atoms with Gasteiger partial charge in [0.2, 0.25) is 5.91 Å². The van der Waals surface area contributed by atoms with Gasteiger partial charge in [0.15, 0.2) is 0 Å². The van der Waals surface area contributed by atoms with Crippen molar-refractivity contribution in [2.75, 3.05) is 12.4 Å². The maximum Gasteiger partial charge on any atom is 0.416 e. The number of para-hydroxylation sites is 1. The Morgan fingerprint density at radius 2 is 1.72 bits per heavy atom. The summed E-state index contributed by atoms with van der Waals surface area (Å²) in [5, 5.41) is 2.72. The van der Waals surface area contributed by atoms with Crippen molar-refractivity contribution in [1.82, 2.24) is 0 Å². The first-order valence-electron chi connectivity index (χ1n) is 10.9. The summed E-state index contributed by atoms with van der Waals surface area (Å²) in [6.07, 6.45) is -4.47. The van der Waals surface area contributed by atoms with E-state index in [1.54, 1.807) is 48.5 Å². The van der Waals surface area contributed by atoms with Gasteiger partial charge in [0.1, 0.15) is 17.5 Å². The molecule has 190 valence electrons. The van der Waals surface area contributed by atoms with Crippen molar-refractivity contribution in [3.05, 3.63) is 89.0 Å². The summed E-state index contributed by atoms with van der Waals surface area (Å²) in [5.41, 5.74) is 6.95. The third kappa shape index (κ3) is 5.98. The molecule has 2 atom stereocenters. The standard InChI is InChI=1S/C26H23F3N2O4.ClH/c1-34-25(33)22(30)12-15-6-9-17(10-7-15)35-18-11-8-16(21(14-18)26(27,28)29)13-20-19-4-2-3-5-23(19)31-24(20)32;/h2-11,14,20,22H,12-13,30H2,1H3,(H,31,32);1H. The summed E-state index contributed by atoms with van der Waals surface area (Å²) in [6.45, 7) is 0. The van der Waals surface area contributed by atoms with E-state index in [2.05, 4.69) is 10.1 Å². The molecule has 0 bridgehead atoms. The van der Waals surface area contributed by atoms with Gasteiger partial charge in [-0.25, -0.2) is 0 Å². The number of ether oxygens (including phenoxy) is 2. The lowest BCUT2D eigenvalue weighted by atomic mass is 9.90. The van der Waals surface area contributed by atoms with E-state index < -0.39 is 29.7 Å². The third-order valence-electron chi connectivity index (χ3n) is 5.84. The van der Waals surface area contributed by atoms with E-state index in [9.17, 15) is 22.8 Å². The van der Waals surface area contributed by atoms with Crippen LogP contribution in [0.2, 0.25) is 0 Å². The zero-order valence-corrected chi connectivity index (χ0v) is 20.0. The van der Waals surface area contributed by atoms with Gasteiger partial charge in [-0.15, -0.1) is 12.4 Å². The van der Waals surface area contributed by atoms with E-state index in [4.69, 9.17) is 10.5 Å². The summed E-state index contributed by atoms with van der Waals surface area (Å²) < 4.78 is 51.9. The fourth-order valence-corrected chi connectivity index (χ4v) is 4.08. The van der Waals surface area contributed by atoms with Crippen LogP contribution in [-0.4, -0.2) is 25.0 Å². The normalized spacial score (nSPS) is 15.4. The predicted octanol–water partition coefficient (Wildman–Crippen LogP) is 5.24. The first-order chi connectivity index (χ1) is 16.7. The van der Waals surface area contributed by atoms with Crippen molar-refractivity contribution in [3.63, 3.8) is 0 Å². The van der Waals surface area contributed by atoms with Crippen molar-refractivity contribution >= 4 is 30.0 Å². The molecule has 0 fully saturated rings. The molecule has 3 aromatic carbocycles. The summed E-state index contributed by atoms with van der Waals surface area (Å²) in [5.74, 6) is -1.24. The highest BCUT2D eigenvalue weighted by Crippen LogP contribution is 2.40. The molecule has 1 aliphatic rings. The zero-order chi connectivity index (χ0) is 25.2. The number of hydrogen-bond acceptors (Lipinski definition) is 5. The Hall–Kier alpha value is -3.56. The number of methoxy groups -OCH3 is 1. The number of fused-ring (bicyclic) bond motifs is 1. The van der Waals surface area contributed by atoms with Gasteiger partial charge in [0, 0.05) is 5.69 Å². The monoisotopic (exact) mass is 520 g/mol. The van der Waals surface area contributed by atoms with E-state index in [-0.39, 0.29) is 42.5 Å². The topological polar surface area (TPSA) is 90.7 Å². The van der Waals surface area contributed by atoms with Crippen LogP contribution in [0.15, 0.2) is 66.7 Å². The number of halogens is 4. The van der Waals surface area contributed by atoms with Crippen LogP contribution < -0.4 is 15.8 Å². The number of carbonyl (C=O) groups excluding carboxylic acids is 2. The Balaban J connectivity index is 0.00000361. The SMILES string of the molecule is COC(=O)C(N)Cc1ccc(Oc2ccc(CC3C(=O)Nc4ccccc43)c(C(F)(F)F)c2)cc1.Cl. The molecule has 0 saturated heterocycles. The molecule has 0 aliphatic carbocycles. The molecule has 1 amide bonds. The average Bonchev–Trinajstić information content (AvgIpc) is 3.14. The molecule has 0 saturated carbocycles. The van der Waals surface area contributed by atoms with Crippen LogP contribution in [0.25, 0.3) is 0 Å². The van der Waals surface area contributed by atoms with E-state index in [0.29, 0.717) is 17.0 Å². The van der Waals surface area contributed by atoms with Crippen LogP contribution in [0.1, 0.15) is 28.2 Å². The minimum atomic E-state index is -4.63. The highest BCUT2D eigenvalue weighted by molar-refractivity contribution is 6.03. The predicted molar refractivity (Wildman–Crippen MR) is 130 cm³/mol. The third-order valence-corrected chi connectivity index (χ3v) is 5.84. The van der Waals surface area contributed by atoms with Crippen molar-refractivity contribution in [3.8, 4) is 11.5 Å². The number of alkyl halides is 3. The van der Waals surface area contributed by atoms with Crippen molar-refractivity contribution in [2.24, 2.45) is 5.73 Å². The number of esters is 1. The smallest absolute Gasteiger partial charge is 0.416 e. The number of anilines is 1. The molecule has 36 heavy (non-hydrogen) atoms. The summed E-state index contributed by atoms with van der Waals surface area (Å²) >= 11 is 0. The lowest BCUT2D eigenvalue weighted by Gasteiger charge is -2.17. The van der Waals surface area contributed by atoms with Crippen LogP contribution in [0, 0.1) is 0 Å². The second-order valence-electron chi connectivity index (χ2n) is 8.23. The van der Waals surface area contributed by atoms with Gasteiger partial charge in [-0.1, -0.05) is 36.4 Å². The molecule has 10 heteroatoms. The number of nitrogens with one attached hydrogen (secondary N) is 1. The molecule has 0 radical (unpaired) electrons. The largest absolute Gasteiger partial charge is 0.468 e. The van der Waals surface area contributed by atoms with Gasteiger partial charge in [-0.2, -0.15) is 13.2 Å². The molecule has 4 rings (SSSR count). The number of amides is 1. The Morgan fingerprint density at radius 1 is 1.06 bits per heavy atom. The summed E-state index contributed by atoms with van der Waals surface area (Å²) in [7, 11) is 1.25. The van der Waals surface area contributed by atoms with Crippen LogP contribution in [0.5, 0.6) is 11.5 Å². The zero-order valence-electron chi connectivity index (χ0n) is 19.2. The first kappa shape index (κ1) is 27.0. The number of benzene rings is 3. The molecule has 1 heterocycles. The average molecular weight is 521 g/mol. The van der Waals surface area contributed by atoms with Crippen molar-refractivity contribution in [1.29, 1.82) is 0 Å². The molecule has 0 aromatic heterocycles. The van der Waals surface area contributed by atoms with Crippen molar-refractivity contribution < 1.29 is 32.2 Å². The minimum Gasteiger partial charge on any atom is -0.468 e. The summed E-state index contributed by atoms with van der Waals surface area (Å²) in [6, 6.07) is 16.4. The van der Waals surface area contributed by atoms with Crippen LogP contribution in [0.4, 0.5) is 18.9 Å². The van der Waals surface area contributed by atoms with Crippen LogP contribution in [-0.2, 0) is 33.3 Å². The van der Waals surface area contributed by atoms with Gasteiger partial charge >= 0.3 is 12.1 Å². The second-order valence-corrected chi connectivity index (χ2v) is 8.23. The molecular formula is C26H24ClF3N2O4. The molecule has 3 aromatic rings. The van der Waals surface area contributed by atoms with E-state index in [0.717, 1.165) is 11.6 Å². The van der Waals surface area contributed by atoms with Gasteiger partial charge in [0.25, 0.3) is 0 Å². The minimum absolute atomic E-state index is 0. The lowest BCUT2D eigenvalue weighted by Crippen LogP contribution is -2.33. The highest BCUT2D eigenvalue weighted by Gasteiger charge is 2.37. The van der Waals surface area contributed by atoms with E-state index in [1.807, 2.05) is 0 Å². The van der Waals surface area contributed by atoms with Gasteiger partial charge in [-0.05, 0) is 59.9 Å². The Kier molecular flexibility index (Phi) is 8.27. The first-order valence-corrected chi connectivity index (χ1v) is 10.9. The molecule has 3 N–H and O–H groups in total. The number of carbonyl (C=O) groups is 2. The van der Waals surface area contributed by atoms with Crippen LogP contribution >= 0.6 is 12.4 Å². The van der Waals surface area contributed by atoms with Gasteiger partial charge < -0.3 is 20.5 Å². The fraction of sp³-hybridized carbons (Fsp3) is 0.231. The quantitative estimate of drug-likeness (QED) is 0.416. The van der Waals surface area contributed by atoms with Gasteiger partial charge in [-0.3, -0.25) is 9.59 Å². The molecule has 1 aliphatic heterocycles. The van der Waals surface area contributed by atoms with Crippen LogP contribution in [0.3, 0.4) is 0 Å². The van der Waals surface area contributed by atoms with E-state index in [1.165, 1.54) is 19.2 Å². The highest BCUT2D eigenvalue weighted by atomic mass is 35.5. The molecule has 2 unspecified atom stereocenters. The molecule has 6 nitrogen and oxygen atoms in total. The van der Waals surface area contributed by atoms with E-state index >= 15 is 0 Å². The van der Waals surface area contributed by atoms with Gasteiger partial charge in [0.05, 0.1) is 18.6 Å². The maximum atomic E-state index is 13.9. The number of hydrogen-bond donors (Lipinski definition) is 2. The molecule has 0 spiro atoms. The number of nitrogens with two attached hydrogens (primary N) is 1. The fourth-order valence-electron chi connectivity index (χ4n) is 4.08. The maximum absolute atomic E-state index is 13.9. The Bertz CT molecular complexity index is 1250. The summed E-state index contributed by atoms with van der Waals surface area (Å²) in [4.78, 5) is 23.9.